The Morgan fingerprint density at radius 2 is 1.74 bits per heavy atom. The third-order valence-electron chi connectivity index (χ3n) is 5.85. The molecule has 0 aromatic heterocycles. The highest BCUT2D eigenvalue weighted by Gasteiger charge is 2.45. The van der Waals surface area contributed by atoms with Gasteiger partial charge in [0.15, 0.2) is 11.5 Å². The number of phenols is 2. The quantitative estimate of drug-likeness (QED) is 0.337. The molecule has 2 heterocycles. The Hall–Kier alpha value is -2.40. The van der Waals surface area contributed by atoms with Gasteiger partial charge in [-0.25, -0.2) is 0 Å². The average Bonchev–Trinajstić information content (AvgIpc) is 2.76. The van der Waals surface area contributed by atoms with Crippen LogP contribution in [-0.2, 0) is 17.6 Å². The number of fused-ring (bicyclic) bond motifs is 1. The third-order valence-corrected chi connectivity index (χ3v) is 5.85. The largest absolute Gasteiger partial charge is 0.508 e. The van der Waals surface area contributed by atoms with E-state index >= 15 is 0 Å². The van der Waals surface area contributed by atoms with Crippen molar-refractivity contribution in [2.45, 2.75) is 49.6 Å². The highest BCUT2D eigenvalue weighted by atomic mass is 16.7. The van der Waals surface area contributed by atoms with Crippen molar-refractivity contribution in [2.75, 3.05) is 13.2 Å². The van der Waals surface area contributed by atoms with Crippen LogP contribution in [0.3, 0.4) is 0 Å². The molecule has 2 aliphatic rings. The van der Waals surface area contributed by atoms with Gasteiger partial charge in [-0.3, -0.25) is 0 Å². The minimum atomic E-state index is -1.56. The van der Waals surface area contributed by atoms with Crippen molar-refractivity contribution < 1.29 is 40.1 Å². The van der Waals surface area contributed by atoms with Crippen LogP contribution in [0.2, 0.25) is 0 Å². The second-order valence-electron chi connectivity index (χ2n) is 7.96. The number of rotatable bonds is 5. The van der Waals surface area contributed by atoms with Crippen LogP contribution in [0.4, 0.5) is 0 Å². The second-order valence-corrected chi connectivity index (χ2v) is 7.96. The van der Waals surface area contributed by atoms with Gasteiger partial charge >= 0.3 is 0 Å². The van der Waals surface area contributed by atoms with Crippen molar-refractivity contribution in [2.24, 2.45) is 0 Å². The standard InChI is InChI=1S/C22H27NO8/c24-10-18-19(27)20(28)21(29)22(31-18)30-17-8-12-5-6-23-15(14(12)9-16(17)26)7-11-1-3-13(25)4-2-11/h1-4,8-9,15,18-29H,5-7,10H2/t15-,18-,19-,20+,21-,22-/m1/s1. The lowest BCUT2D eigenvalue weighted by atomic mass is 9.90. The van der Waals surface area contributed by atoms with Crippen LogP contribution in [0, 0.1) is 0 Å². The normalized spacial score (nSPS) is 30.6. The lowest BCUT2D eigenvalue weighted by Crippen LogP contribution is -2.60. The fourth-order valence-electron chi connectivity index (χ4n) is 4.09. The number of benzene rings is 2. The molecule has 1 saturated heterocycles. The molecule has 6 atom stereocenters. The summed E-state index contributed by atoms with van der Waals surface area (Å²) in [6.45, 7) is 0.158. The number of nitrogens with one attached hydrogen (secondary N) is 1. The highest BCUT2D eigenvalue weighted by molar-refractivity contribution is 5.49. The van der Waals surface area contributed by atoms with Crippen LogP contribution >= 0.6 is 0 Å². The zero-order valence-electron chi connectivity index (χ0n) is 16.8. The van der Waals surface area contributed by atoms with Gasteiger partial charge in [0, 0.05) is 6.04 Å². The molecule has 0 amide bonds. The molecular weight excluding hydrogens is 406 g/mol. The zero-order chi connectivity index (χ0) is 22.1. The Balaban J connectivity index is 1.54. The van der Waals surface area contributed by atoms with Gasteiger partial charge in [0.2, 0.25) is 6.29 Å². The van der Waals surface area contributed by atoms with Crippen molar-refractivity contribution in [1.82, 2.24) is 5.32 Å². The van der Waals surface area contributed by atoms with Crippen LogP contribution in [-0.4, -0.2) is 74.5 Å². The fraction of sp³-hybridized carbons (Fsp3) is 0.455. The van der Waals surface area contributed by atoms with Gasteiger partial charge in [0.1, 0.15) is 30.2 Å². The molecule has 1 fully saturated rings. The van der Waals surface area contributed by atoms with E-state index in [1.54, 1.807) is 24.3 Å². The van der Waals surface area contributed by atoms with Crippen LogP contribution in [0.1, 0.15) is 22.7 Å². The number of hydrogen-bond acceptors (Lipinski definition) is 9. The zero-order valence-corrected chi connectivity index (χ0v) is 16.8. The first-order chi connectivity index (χ1) is 14.9. The van der Waals surface area contributed by atoms with Gasteiger partial charge in [0.05, 0.1) is 6.61 Å². The molecule has 0 unspecified atom stereocenters. The first kappa shape index (κ1) is 21.8. The molecule has 9 nitrogen and oxygen atoms in total. The number of aliphatic hydroxyl groups excluding tert-OH is 4. The van der Waals surface area contributed by atoms with E-state index in [1.165, 1.54) is 0 Å². The van der Waals surface area contributed by atoms with Gasteiger partial charge in [-0.15, -0.1) is 0 Å². The summed E-state index contributed by atoms with van der Waals surface area (Å²) in [7, 11) is 0. The molecular formula is C22H27NO8. The summed E-state index contributed by atoms with van der Waals surface area (Å²) in [5.41, 5.74) is 2.90. The minimum Gasteiger partial charge on any atom is -0.508 e. The van der Waals surface area contributed by atoms with Crippen LogP contribution < -0.4 is 10.1 Å². The minimum absolute atomic E-state index is 0.0412. The van der Waals surface area contributed by atoms with Crippen LogP contribution in [0.15, 0.2) is 36.4 Å². The Labute approximate surface area is 179 Å². The van der Waals surface area contributed by atoms with E-state index in [1.807, 2.05) is 12.1 Å². The molecule has 0 saturated carbocycles. The summed E-state index contributed by atoms with van der Waals surface area (Å²) in [5.74, 6) is 0.122. The van der Waals surface area contributed by atoms with Crippen molar-refractivity contribution >= 4 is 0 Å². The molecule has 31 heavy (non-hydrogen) atoms. The lowest BCUT2D eigenvalue weighted by molar-refractivity contribution is -0.277. The summed E-state index contributed by atoms with van der Waals surface area (Å²) < 4.78 is 11.0. The van der Waals surface area contributed by atoms with Crippen molar-refractivity contribution in [3.63, 3.8) is 0 Å². The number of phenolic OH excluding ortho intramolecular Hbond substituents is 2. The monoisotopic (exact) mass is 433 g/mol. The fourth-order valence-corrected chi connectivity index (χ4v) is 4.09. The van der Waals surface area contributed by atoms with Crippen molar-refractivity contribution in [3.8, 4) is 17.2 Å². The number of hydrogen-bond donors (Lipinski definition) is 7. The Morgan fingerprint density at radius 3 is 2.45 bits per heavy atom. The molecule has 0 aliphatic carbocycles. The summed E-state index contributed by atoms with van der Waals surface area (Å²) >= 11 is 0. The average molecular weight is 433 g/mol. The van der Waals surface area contributed by atoms with E-state index in [9.17, 15) is 30.6 Å². The molecule has 2 aromatic rings. The summed E-state index contributed by atoms with van der Waals surface area (Å²) in [6.07, 6.45) is -5.70. The Kier molecular flexibility index (Phi) is 6.33. The van der Waals surface area contributed by atoms with E-state index in [0.29, 0.717) is 12.8 Å². The first-order valence-corrected chi connectivity index (χ1v) is 10.2. The third kappa shape index (κ3) is 4.47. The molecule has 0 radical (unpaired) electrons. The maximum atomic E-state index is 10.6. The molecule has 168 valence electrons. The molecule has 2 aliphatic heterocycles. The van der Waals surface area contributed by atoms with E-state index in [0.717, 1.165) is 23.2 Å². The maximum absolute atomic E-state index is 10.6. The predicted molar refractivity (Wildman–Crippen MR) is 109 cm³/mol. The number of ether oxygens (including phenoxy) is 2. The van der Waals surface area contributed by atoms with Gasteiger partial charge in [-0.1, -0.05) is 12.1 Å². The van der Waals surface area contributed by atoms with Crippen LogP contribution in [0.25, 0.3) is 0 Å². The van der Waals surface area contributed by atoms with Crippen LogP contribution in [0.5, 0.6) is 17.2 Å². The molecule has 0 spiro atoms. The van der Waals surface area contributed by atoms with Gasteiger partial charge in [-0.2, -0.15) is 0 Å². The lowest BCUT2D eigenvalue weighted by Gasteiger charge is -2.39. The highest BCUT2D eigenvalue weighted by Crippen LogP contribution is 2.37. The first-order valence-electron chi connectivity index (χ1n) is 10.2. The Morgan fingerprint density at radius 1 is 1.00 bits per heavy atom. The topological polar surface area (TPSA) is 152 Å². The van der Waals surface area contributed by atoms with Crippen molar-refractivity contribution in [3.05, 3.63) is 53.1 Å². The molecule has 9 heteroatoms. The van der Waals surface area contributed by atoms with E-state index in [4.69, 9.17) is 9.47 Å². The van der Waals surface area contributed by atoms with E-state index < -0.39 is 37.3 Å². The molecule has 7 N–H and O–H groups in total. The summed E-state index contributed by atoms with van der Waals surface area (Å²) in [6, 6.07) is 10.2. The van der Waals surface area contributed by atoms with Gasteiger partial charge in [0.25, 0.3) is 0 Å². The van der Waals surface area contributed by atoms with Crippen molar-refractivity contribution in [1.29, 1.82) is 0 Å². The molecule has 0 bridgehead atoms. The van der Waals surface area contributed by atoms with E-state index in [2.05, 4.69) is 5.32 Å². The van der Waals surface area contributed by atoms with Gasteiger partial charge < -0.3 is 45.4 Å². The number of aliphatic hydroxyl groups is 4. The van der Waals surface area contributed by atoms with E-state index in [-0.39, 0.29) is 23.3 Å². The smallest absolute Gasteiger partial charge is 0.229 e. The number of aromatic hydroxyl groups is 2. The molecule has 2 aromatic carbocycles. The predicted octanol–water partition coefficient (Wildman–Crippen LogP) is -0.294. The SMILES string of the molecule is OC[C@H]1O[C@@H](Oc2cc3c(cc2O)[C@@H](Cc2ccc(O)cc2)NCC3)[C@H](O)[C@@H](O)[C@@H]1O. The Bertz CT molecular complexity index is 903. The molecule has 4 rings (SSSR count). The van der Waals surface area contributed by atoms with Gasteiger partial charge in [-0.05, 0) is 60.3 Å². The summed E-state index contributed by atoms with van der Waals surface area (Å²) in [4.78, 5) is 0. The summed E-state index contributed by atoms with van der Waals surface area (Å²) in [5, 5.41) is 62.8. The second kappa shape index (κ2) is 8.99. The maximum Gasteiger partial charge on any atom is 0.229 e.